The number of allylic oxidation sites excluding steroid dienone is 1. The first-order valence-corrected chi connectivity index (χ1v) is 23.4. The third-order valence-corrected chi connectivity index (χ3v) is 16.7. The van der Waals surface area contributed by atoms with E-state index in [0.717, 1.165) is 97.9 Å². The molecular weight excluding hydrogens is 757 g/mol. The fourth-order valence-electron chi connectivity index (χ4n) is 10.3. The van der Waals surface area contributed by atoms with Crippen molar-refractivity contribution in [1.82, 2.24) is 19.9 Å². The van der Waals surface area contributed by atoms with Crippen LogP contribution in [0, 0.1) is 17.8 Å². The maximum absolute atomic E-state index is 15.0. The van der Waals surface area contributed by atoms with Crippen molar-refractivity contribution >= 4 is 44.4 Å². The highest BCUT2D eigenvalue weighted by Gasteiger charge is 2.64. The van der Waals surface area contributed by atoms with Crippen LogP contribution in [0.3, 0.4) is 0 Å². The predicted molar refractivity (Wildman–Crippen MR) is 218 cm³/mol. The summed E-state index contributed by atoms with van der Waals surface area (Å²) in [6.45, 7) is 1.79. The Kier molecular flexibility index (Phi) is 10.2. The molecule has 0 unspecified atom stereocenters. The summed E-state index contributed by atoms with van der Waals surface area (Å²) in [6.07, 6.45) is 17.4. The number of pyridine rings is 1. The van der Waals surface area contributed by atoms with E-state index in [1.807, 2.05) is 30.4 Å². The van der Waals surface area contributed by atoms with Crippen molar-refractivity contribution in [2.45, 2.75) is 157 Å². The molecule has 3 amide bonds. The Morgan fingerprint density at radius 2 is 1.78 bits per heavy atom. The molecule has 7 aliphatic rings. The van der Waals surface area contributed by atoms with Crippen LogP contribution >= 0.6 is 0 Å². The summed E-state index contributed by atoms with van der Waals surface area (Å²) < 4.78 is 40.6. The summed E-state index contributed by atoms with van der Waals surface area (Å²) in [7, 11) is -2.32. The van der Waals surface area contributed by atoms with E-state index in [1.54, 1.807) is 18.9 Å². The van der Waals surface area contributed by atoms with Gasteiger partial charge in [-0.2, -0.15) is 0 Å². The molecule has 13 heteroatoms. The van der Waals surface area contributed by atoms with Gasteiger partial charge in [-0.1, -0.05) is 50.7 Å². The van der Waals surface area contributed by atoms with Crippen molar-refractivity contribution in [3.63, 3.8) is 0 Å². The third kappa shape index (κ3) is 7.42. The number of hydrogen-bond acceptors (Lipinski definition) is 9. The van der Waals surface area contributed by atoms with Gasteiger partial charge in [0.25, 0.3) is 5.91 Å². The number of sulfonamides is 1. The third-order valence-electron chi connectivity index (χ3n) is 14.6. The Morgan fingerprint density at radius 3 is 2.52 bits per heavy atom. The second-order valence-electron chi connectivity index (χ2n) is 18.9. The van der Waals surface area contributed by atoms with Crippen molar-refractivity contribution in [1.29, 1.82) is 0 Å². The van der Waals surface area contributed by atoms with Gasteiger partial charge in [0.2, 0.25) is 21.8 Å². The van der Waals surface area contributed by atoms with Crippen LogP contribution < -0.4 is 19.5 Å². The maximum Gasteiger partial charge on any atom is 0.259 e. The molecule has 312 valence electrons. The molecule has 12 nitrogen and oxygen atoms in total. The molecule has 4 aliphatic carbocycles. The molecule has 58 heavy (non-hydrogen) atoms. The second-order valence-corrected chi connectivity index (χ2v) is 21.1. The lowest BCUT2D eigenvalue weighted by molar-refractivity contribution is -0.144. The van der Waals surface area contributed by atoms with Gasteiger partial charge in [-0.25, -0.2) is 13.4 Å². The van der Waals surface area contributed by atoms with Crippen LogP contribution in [0.15, 0.2) is 30.4 Å². The van der Waals surface area contributed by atoms with E-state index < -0.39 is 49.7 Å². The normalized spacial score (nSPS) is 31.6. The smallest absolute Gasteiger partial charge is 0.259 e. The van der Waals surface area contributed by atoms with Crippen LogP contribution in [0.4, 0.5) is 0 Å². The number of nitrogens with zero attached hydrogens (tertiary/aromatic N) is 2. The topological polar surface area (TPSA) is 161 Å². The first kappa shape index (κ1) is 39.5. The molecule has 1 saturated heterocycles. The minimum Gasteiger partial charge on any atom is -0.497 e. The Labute approximate surface area is 341 Å². The molecule has 0 radical (unpaired) electrons. The molecule has 4 saturated carbocycles. The maximum atomic E-state index is 15.0. The number of carbonyl (C=O) groups is 4. The van der Waals surface area contributed by atoms with E-state index >= 15 is 4.79 Å². The number of methoxy groups -OCH3 is 1. The van der Waals surface area contributed by atoms with Gasteiger partial charge in [-0.05, 0) is 89.2 Å². The zero-order valence-electron chi connectivity index (χ0n) is 34.0. The van der Waals surface area contributed by atoms with Crippen molar-refractivity contribution in [3.8, 4) is 11.5 Å². The molecule has 9 rings (SSSR count). The Morgan fingerprint density at radius 1 is 1.00 bits per heavy atom. The van der Waals surface area contributed by atoms with Gasteiger partial charge in [0.05, 0.1) is 29.6 Å². The quantitative estimate of drug-likeness (QED) is 0.276. The highest BCUT2D eigenvalue weighted by molar-refractivity contribution is 7.91. The average Bonchev–Trinajstić information content (AvgIpc) is 4.17. The lowest BCUT2D eigenvalue weighted by atomic mass is 9.86. The summed E-state index contributed by atoms with van der Waals surface area (Å²) in [5, 5.41) is 4.03. The molecule has 5 fully saturated rings. The molecule has 2 N–H and O–H groups in total. The van der Waals surface area contributed by atoms with E-state index in [-0.39, 0.29) is 49.3 Å². The van der Waals surface area contributed by atoms with Crippen LogP contribution in [0.25, 0.3) is 10.9 Å². The van der Waals surface area contributed by atoms with Crippen LogP contribution in [-0.4, -0.2) is 77.4 Å². The minimum absolute atomic E-state index is 0.106. The predicted octanol–water partition coefficient (Wildman–Crippen LogP) is 6.33. The SMILES string of the molecule is COc1ccc2c3c(c(C4CC4)nc2c1)O[C@]1(CC3)C[C@H]2C(=O)N[C@]3(C(=O)NS(=O)(=O)C4(C)CC4)C[C@H]3/C=C\CCCCC[C@H](CC(=O)CC3CCCC3)C(=O)N2C1. The van der Waals surface area contributed by atoms with Gasteiger partial charge in [0.1, 0.15) is 34.5 Å². The van der Waals surface area contributed by atoms with E-state index in [2.05, 4.69) is 10.0 Å². The fraction of sp³-hybridized carbons (Fsp3) is 0.667. The van der Waals surface area contributed by atoms with Gasteiger partial charge >= 0.3 is 0 Å². The fourth-order valence-corrected chi connectivity index (χ4v) is 11.6. The van der Waals surface area contributed by atoms with Crippen LogP contribution in [0.1, 0.15) is 140 Å². The molecule has 3 aliphatic heterocycles. The van der Waals surface area contributed by atoms with E-state index in [9.17, 15) is 22.8 Å². The Bertz CT molecular complexity index is 2160. The highest BCUT2D eigenvalue weighted by atomic mass is 32.2. The van der Waals surface area contributed by atoms with Crippen molar-refractivity contribution in [3.05, 3.63) is 41.6 Å². The number of benzene rings is 1. The summed E-state index contributed by atoms with van der Waals surface area (Å²) in [5.74, 6) is -0.211. The number of ether oxygens (including phenoxy) is 2. The first-order chi connectivity index (χ1) is 27.8. The van der Waals surface area contributed by atoms with E-state index in [0.29, 0.717) is 44.4 Å². The van der Waals surface area contributed by atoms with Gasteiger partial charge < -0.3 is 19.7 Å². The van der Waals surface area contributed by atoms with Crippen molar-refractivity contribution in [2.24, 2.45) is 17.8 Å². The largest absolute Gasteiger partial charge is 0.497 e. The molecular formula is C45H58N4O8S. The summed E-state index contributed by atoms with van der Waals surface area (Å²) >= 11 is 0. The molecule has 1 spiro atoms. The van der Waals surface area contributed by atoms with Gasteiger partial charge in [-0.3, -0.25) is 23.9 Å². The average molecular weight is 815 g/mol. The summed E-state index contributed by atoms with van der Waals surface area (Å²) in [4.78, 5) is 64.3. The Balaban J connectivity index is 1.05. The molecule has 0 bridgehead atoms. The van der Waals surface area contributed by atoms with E-state index in [1.165, 1.54) is 0 Å². The molecule has 4 heterocycles. The van der Waals surface area contributed by atoms with Gasteiger partial charge in [-0.15, -0.1) is 0 Å². The van der Waals surface area contributed by atoms with Crippen LogP contribution in [0.2, 0.25) is 0 Å². The standard InChI is InChI=1S/C45H58N4O8S/c1-43(20-21-43)58(54,55)48-42(53)45-25-31(45)13-7-5-3-4-6-12-30(23-32(50)22-28-10-8-9-11-28)41(52)49-27-44(26-37(49)40(51)47-45)19-18-35-34-17-16-33(56-2)24-36(34)46-38(29-14-15-29)39(35)57-44/h7,13,16-17,24,28-31,37H,3-6,8-12,14-15,18-23,25-27H2,1-2H3,(H,47,51)(H,48,53)/b13-7-/t30-,31-,37+,44-,45-/m1/s1. The summed E-state index contributed by atoms with van der Waals surface area (Å²) in [5.41, 5.74) is 0.467. The monoisotopic (exact) mass is 814 g/mol. The minimum atomic E-state index is -3.96. The number of aryl methyl sites for hydroxylation is 1. The molecule has 2 aromatic rings. The summed E-state index contributed by atoms with van der Waals surface area (Å²) in [6, 6.07) is 4.92. The highest BCUT2D eigenvalue weighted by Crippen LogP contribution is 2.52. The lowest BCUT2D eigenvalue weighted by Crippen LogP contribution is -2.57. The number of Topliss-reactive ketones (excluding diaryl/α,β-unsaturated/α-hetero) is 1. The number of aromatic nitrogens is 1. The molecule has 1 aromatic heterocycles. The lowest BCUT2D eigenvalue weighted by Gasteiger charge is -2.37. The number of amides is 3. The second kappa shape index (κ2) is 14.9. The number of fused-ring (bicyclic) bond motifs is 5. The van der Waals surface area contributed by atoms with Crippen molar-refractivity contribution in [2.75, 3.05) is 13.7 Å². The van der Waals surface area contributed by atoms with Gasteiger partial charge in [0.15, 0.2) is 0 Å². The number of hydrogen-bond donors (Lipinski definition) is 2. The van der Waals surface area contributed by atoms with Crippen molar-refractivity contribution < 1.29 is 37.1 Å². The number of rotatable bonds is 9. The number of carbonyl (C=O) groups excluding carboxylic acids is 4. The first-order valence-electron chi connectivity index (χ1n) is 21.9. The number of nitrogens with one attached hydrogen (secondary N) is 2. The Hall–Kier alpha value is -4.00. The molecule has 5 atom stereocenters. The zero-order chi connectivity index (χ0) is 40.5. The van der Waals surface area contributed by atoms with Crippen LogP contribution in [0.5, 0.6) is 11.5 Å². The molecule has 1 aromatic carbocycles. The van der Waals surface area contributed by atoms with Gasteiger partial charge in [0, 0.05) is 54.0 Å². The van der Waals surface area contributed by atoms with E-state index in [4.69, 9.17) is 14.5 Å². The zero-order valence-corrected chi connectivity index (χ0v) is 34.8. The number of ketones is 1. The van der Waals surface area contributed by atoms with Crippen LogP contribution in [-0.2, 0) is 35.6 Å².